The summed E-state index contributed by atoms with van der Waals surface area (Å²) in [5.41, 5.74) is 4.41. The van der Waals surface area contributed by atoms with Crippen molar-refractivity contribution in [1.82, 2.24) is 15.4 Å². The smallest absolute Gasteiger partial charge is 0.150 e. The number of hydrogen-bond donors (Lipinski definition) is 2. The highest BCUT2D eigenvalue weighted by molar-refractivity contribution is 7.91. The molecule has 1 aliphatic carbocycles. The normalized spacial score (nSPS) is 25.4. The van der Waals surface area contributed by atoms with Gasteiger partial charge in [-0.15, -0.1) is 0 Å². The minimum absolute atomic E-state index is 0.146. The monoisotopic (exact) mass is 298 g/mol. The summed E-state index contributed by atoms with van der Waals surface area (Å²) in [6.07, 6.45) is 7.96. The highest BCUT2D eigenvalue weighted by atomic mass is 32.2. The summed E-state index contributed by atoms with van der Waals surface area (Å²) in [6.45, 7) is 1.88. The lowest BCUT2D eigenvalue weighted by atomic mass is 9.82. The zero-order valence-electron chi connectivity index (χ0n) is 11.9. The maximum Gasteiger partial charge on any atom is 0.150 e. The Morgan fingerprint density at radius 3 is 2.65 bits per heavy atom. The van der Waals surface area contributed by atoms with Gasteiger partial charge in [0.15, 0.2) is 0 Å². The molecule has 1 saturated carbocycles. The zero-order valence-corrected chi connectivity index (χ0v) is 12.7. The molecule has 112 valence electrons. The van der Waals surface area contributed by atoms with Crippen LogP contribution in [0.3, 0.4) is 0 Å². The van der Waals surface area contributed by atoms with Gasteiger partial charge in [0.25, 0.3) is 0 Å². The number of hydrogen-bond acceptors (Lipinski definition) is 6. The van der Waals surface area contributed by atoms with Gasteiger partial charge in [-0.05, 0) is 32.1 Å². The van der Waals surface area contributed by atoms with E-state index in [1.165, 1.54) is 6.26 Å². The Kier molecular flexibility index (Phi) is 4.72. The van der Waals surface area contributed by atoms with Gasteiger partial charge >= 0.3 is 0 Å². The van der Waals surface area contributed by atoms with Gasteiger partial charge in [-0.1, -0.05) is 6.42 Å². The van der Waals surface area contributed by atoms with Gasteiger partial charge in [-0.2, -0.15) is 0 Å². The predicted octanol–water partition coefficient (Wildman–Crippen LogP) is 0.893. The van der Waals surface area contributed by atoms with Crippen molar-refractivity contribution in [2.75, 3.05) is 6.26 Å². The van der Waals surface area contributed by atoms with Gasteiger partial charge in [0.1, 0.15) is 9.84 Å². The Morgan fingerprint density at radius 1 is 1.35 bits per heavy atom. The summed E-state index contributed by atoms with van der Waals surface area (Å²) in [5, 5.41) is -0.268. The standard InChI is InChI=1S/C13H22N4O2S/c1-9-7-16-12(8-15-9)13(17-14)10-4-3-5-11(6-10)20(2,18)19/h7-8,10-11,13,17H,3-6,14H2,1-2H3. The topological polar surface area (TPSA) is 98.0 Å². The van der Waals surface area contributed by atoms with Crippen LogP contribution in [0.25, 0.3) is 0 Å². The summed E-state index contributed by atoms with van der Waals surface area (Å²) in [6, 6.07) is -0.146. The maximum absolute atomic E-state index is 11.7. The molecule has 6 nitrogen and oxygen atoms in total. The van der Waals surface area contributed by atoms with Crippen molar-refractivity contribution in [3.05, 3.63) is 23.8 Å². The van der Waals surface area contributed by atoms with E-state index in [1.54, 1.807) is 12.4 Å². The van der Waals surface area contributed by atoms with Crippen molar-refractivity contribution in [2.45, 2.75) is 43.9 Å². The molecular formula is C13H22N4O2S. The molecule has 3 unspecified atom stereocenters. The summed E-state index contributed by atoms with van der Waals surface area (Å²) in [4.78, 5) is 8.59. The Labute approximate surface area is 120 Å². The van der Waals surface area contributed by atoms with Gasteiger partial charge in [0.2, 0.25) is 0 Å². The fourth-order valence-electron chi connectivity index (χ4n) is 2.90. The van der Waals surface area contributed by atoms with E-state index in [-0.39, 0.29) is 17.2 Å². The lowest BCUT2D eigenvalue weighted by Gasteiger charge is -2.33. The predicted molar refractivity (Wildman–Crippen MR) is 77.4 cm³/mol. The van der Waals surface area contributed by atoms with E-state index < -0.39 is 9.84 Å². The molecule has 0 bridgehead atoms. The molecule has 0 aliphatic heterocycles. The third-order valence-corrected chi connectivity index (χ3v) is 5.68. The first-order valence-corrected chi connectivity index (χ1v) is 8.81. The SMILES string of the molecule is Cc1cnc(C(NN)C2CCCC(S(C)(=O)=O)C2)cn1. The van der Waals surface area contributed by atoms with Crippen LogP contribution in [0.5, 0.6) is 0 Å². The second-order valence-electron chi connectivity index (χ2n) is 5.61. The van der Waals surface area contributed by atoms with Crippen molar-refractivity contribution in [3.63, 3.8) is 0 Å². The molecule has 0 saturated heterocycles. The zero-order chi connectivity index (χ0) is 14.8. The van der Waals surface area contributed by atoms with Crippen LogP contribution in [-0.4, -0.2) is 29.9 Å². The quantitative estimate of drug-likeness (QED) is 0.633. The molecule has 1 aliphatic rings. The van der Waals surface area contributed by atoms with E-state index in [1.807, 2.05) is 6.92 Å². The molecule has 3 N–H and O–H groups in total. The summed E-state index contributed by atoms with van der Waals surface area (Å²) in [5.74, 6) is 5.83. The van der Waals surface area contributed by atoms with E-state index in [0.29, 0.717) is 6.42 Å². The first-order valence-electron chi connectivity index (χ1n) is 6.85. The molecule has 1 fully saturated rings. The fraction of sp³-hybridized carbons (Fsp3) is 0.692. The van der Waals surface area contributed by atoms with Crippen LogP contribution in [-0.2, 0) is 9.84 Å². The third-order valence-electron chi connectivity index (χ3n) is 4.04. The van der Waals surface area contributed by atoms with E-state index in [0.717, 1.165) is 30.7 Å². The Bertz CT molecular complexity index is 544. The van der Waals surface area contributed by atoms with Gasteiger partial charge in [0.05, 0.1) is 28.9 Å². The molecule has 2 rings (SSSR count). The van der Waals surface area contributed by atoms with E-state index in [4.69, 9.17) is 5.84 Å². The highest BCUT2D eigenvalue weighted by Crippen LogP contribution is 2.35. The van der Waals surface area contributed by atoms with Gasteiger partial charge in [-0.3, -0.25) is 21.2 Å². The Morgan fingerprint density at radius 2 is 2.10 bits per heavy atom. The van der Waals surface area contributed by atoms with Crippen LogP contribution < -0.4 is 11.3 Å². The first-order chi connectivity index (χ1) is 9.41. The van der Waals surface area contributed by atoms with E-state index in [2.05, 4.69) is 15.4 Å². The largest absolute Gasteiger partial charge is 0.271 e. The number of nitrogens with one attached hydrogen (secondary N) is 1. The van der Waals surface area contributed by atoms with Crippen molar-refractivity contribution in [2.24, 2.45) is 11.8 Å². The fourth-order valence-corrected chi connectivity index (χ4v) is 4.09. The lowest BCUT2D eigenvalue weighted by Crippen LogP contribution is -2.38. The van der Waals surface area contributed by atoms with Crippen LogP contribution in [0.15, 0.2) is 12.4 Å². The van der Waals surface area contributed by atoms with Gasteiger partial charge in [0, 0.05) is 12.5 Å². The van der Waals surface area contributed by atoms with Crippen molar-refractivity contribution >= 4 is 9.84 Å². The van der Waals surface area contributed by atoms with Crippen LogP contribution in [0, 0.1) is 12.8 Å². The second kappa shape index (κ2) is 6.15. The minimum Gasteiger partial charge on any atom is -0.271 e. The third kappa shape index (κ3) is 3.53. The molecule has 0 spiro atoms. The number of nitrogens with two attached hydrogens (primary N) is 1. The first kappa shape index (κ1) is 15.3. The number of rotatable bonds is 4. The summed E-state index contributed by atoms with van der Waals surface area (Å²) in [7, 11) is -2.99. The number of aromatic nitrogens is 2. The summed E-state index contributed by atoms with van der Waals surface area (Å²) >= 11 is 0. The second-order valence-corrected chi connectivity index (χ2v) is 7.93. The average Bonchev–Trinajstić information content (AvgIpc) is 2.41. The minimum atomic E-state index is -2.99. The number of aryl methyl sites for hydroxylation is 1. The maximum atomic E-state index is 11.7. The van der Waals surface area contributed by atoms with Crippen LogP contribution >= 0.6 is 0 Å². The van der Waals surface area contributed by atoms with Gasteiger partial charge in [-0.25, -0.2) is 8.42 Å². The summed E-state index contributed by atoms with van der Waals surface area (Å²) < 4.78 is 23.5. The van der Waals surface area contributed by atoms with E-state index in [9.17, 15) is 8.42 Å². The lowest BCUT2D eigenvalue weighted by molar-refractivity contribution is 0.270. The number of sulfone groups is 1. The molecule has 1 aromatic rings. The molecule has 0 radical (unpaired) electrons. The van der Waals surface area contributed by atoms with Crippen LogP contribution in [0.1, 0.15) is 43.1 Å². The van der Waals surface area contributed by atoms with E-state index >= 15 is 0 Å². The van der Waals surface area contributed by atoms with Crippen LogP contribution in [0.2, 0.25) is 0 Å². The molecule has 0 amide bonds. The Balaban J connectivity index is 2.17. The molecule has 3 atom stereocenters. The molecule has 20 heavy (non-hydrogen) atoms. The number of hydrazine groups is 1. The van der Waals surface area contributed by atoms with Crippen molar-refractivity contribution in [1.29, 1.82) is 0 Å². The van der Waals surface area contributed by atoms with Crippen molar-refractivity contribution < 1.29 is 8.42 Å². The molecule has 1 aromatic heterocycles. The average molecular weight is 298 g/mol. The van der Waals surface area contributed by atoms with Crippen LogP contribution in [0.4, 0.5) is 0 Å². The molecular weight excluding hydrogens is 276 g/mol. The van der Waals surface area contributed by atoms with Crippen molar-refractivity contribution in [3.8, 4) is 0 Å². The molecule has 0 aromatic carbocycles. The molecule has 7 heteroatoms. The van der Waals surface area contributed by atoms with Gasteiger partial charge < -0.3 is 0 Å². The Hall–Kier alpha value is -1.05. The molecule has 1 heterocycles. The number of nitrogens with zero attached hydrogens (tertiary/aromatic N) is 2. The highest BCUT2D eigenvalue weighted by Gasteiger charge is 2.33.